The van der Waals surface area contributed by atoms with E-state index in [0.29, 0.717) is 10.8 Å². The molecule has 1 N–H and O–H groups in total. The molecule has 0 spiro atoms. The Hall–Kier alpha value is -2.67. The molecule has 8 heteroatoms. The fraction of sp³-hybridized carbons (Fsp3) is 0.167. The van der Waals surface area contributed by atoms with Crippen LogP contribution in [-0.4, -0.2) is 14.9 Å². The normalized spacial score (nSPS) is 11.6. The van der Waals surface area contributed by atoms with Crippen molar-refractivity contribution in [3.05, 3.63) is 64.8 Å². The maximum Gasteiger partial charge on any atom is 0.433 e. The SMILES string of the molecule is Cn1nc(-c2ccc(OCc3ccc(Cl)cc3)cc2O)cc1C(F)(F)F. The summed E-state index contributed by atoms with van der Waals surface area (Å²) in [6.07, 6.45) is -4.52. The third-order valence-corrected chi connectivity index (χ3v) is 3.99. The van der Waals surface area contributed by atoms with E-state index >= 15 is 0 Å². The molecule has 0 saturated carbocycles. The zero-order valence-electron chi connectivity index (χ0n) is 13.6. The highest BCUT2D eigenvalue weighted by Gasteiger charge is 2.35. The van der Waals surface area contributed by atoms with Crippen LogP contribution in [0.3, 0.4) is 0 Å². The lowest BCUT2D eigenvalue weighted by atomic mass is 10.1. The summed E-state index contributed by atoms with van der Waals surface area (Å²) in [5.74, 6) is 0.165. The third kappa shape index (κ3) is 3.94. The molecule has 0 fully saturated rings. The summed E-state index contributed by atoms with van der Waals surface area (Å²) in [7, 11) is 1.20. The molecular weight excluding hydrogens is 369 g/mol. The summed E-state index contributed by atoms with van der Waals surface area (Å²) in [5, 5.41) is 14.6. The van der Waals surface area contributed by atoms with Gasteiger partial charge in [0.2, 0.25) is 0 Å². The number of hydrogen-bond acceptors (Lipinski definition) is 3. The molecule has 0 amide bonds. The van der Waals surface area contributed by atoms with Gasteiger partial charge in [-0.25, -0.2) is 0 Å². The Morgan fingerprint density at radius 1 is 1.12 bits per heavy atom. The predicted molar refractivity (Wildman–Crippen MR) is 91.1 cm³/mol. The first-order chi connectivity index (χ1) is 12.2. The van der Waals surface area contributed by atoms with Gasteiger partial charge in [0.05, 0.1) is 5.69 Å². The highest BCUT2D eigenvalue weighted by atomic mass is 35.5. The van der Waals surface area contributed by atoms with E-state index in [0.717, 1.165) is 16.3 Å². The summed E-state index contributed by atoms with van der Waals surface area (Å²) in [4.78, 5) is 0. The number of halogens is 4. The number of ether oxygens (including phenoxy) is 1. The number of phenols is 1. The second-order valence-corrected chi connectivity index (χ2v) is 6.07. The molecule has 26 heavy (non-hydrogen) atoms. The number of aryl methyl sites for hydroxylation is 1. The van der Waals surface area contributed by atoms with Gasteiger partial charge < -0.3 is 9.84 Å². The number of phenolic OH excluding ortho intramolecular Hbond substituents is 1. The molecule has 1 aromatic heterocycles. The second-order valence-electron chi connectivity index (χ2n) is 5.63. The minimum absolute atomic E-state index is 0.0292. The van der Waals surface area contributed by atoms with Crippen molar-refractivity contribution in [3.63, 3.8) is 0 Å². The van der Waals surface area contributed by atoms with E-state index in [1.54, 1.807) is 18.2 Å². The number of alkyl halides is 3. The lowest BCUT2D eigenvalue weighted by Crippen LogP contribution is -2.11. The van der Waals surface area contributed by atoms with Crippen LogP contribution in [0.1, 0.15) is 11.3 Å². The molecule has 136 valence electrons. The van der Waals surface area contributed by atoms with Crippen molar-refractivity contribution < 1.29 is 23.0 Å². The monoisotopic (exact) mass is 382 g/mol. The van der Waals surface area contributed by atoms with Crippen molar-refractivity contribution >= 4 is 11.6 Å². The largest absolute Gasteiger partial charge is 0.507 e. The van der Waals surface area contributed by atoms with Crippen molar-refractivity contribution in [2.75, 3.05) is 0 Å². The topological polar surface area (TPSA) is 47.3 Å². The van der Waals surface area contributed by atoms with Crippen molar-refractivity contribution in [2.24, 2.45) is 7.05 Å². The fourth-order valence-corrected chi connectivity index (χ4v) is 2.56. The van der Waals surface area contributed by atoms with E-state index in [4.69, 9.17) is 16.3 Å². The fourth-order valence-electron chi connectivity index (χ4n) is 2.43. The van der Waals surface area contributed by atoms with Gasteiger partial charge in [-0.3, -0.25) is 4.68 Å². The van der Waals surface area contributed by atoms with Crippen LogP contribution < -0.4 is 4.74 Å². The highest BCUT2D eigenvalue weighted by molar-refractivity contribution is 6.30. The number of benzene rings is 2. The van der Waals surface area contributed by atoms with Gasteiger partial charge >= 0.3 is 6.18 Å². The molecule has 0 unspecified atom stereocenters. The molecule has 2 aromatic carbocycles. The number of aromatic nitrogens is 2. The van der Waals surface area contributed by atoms with Crippen LogP contribution in [0.4, 0.5) is 13.2 Å². The van der Waals surface area contributed by atoms with Gasteiger partial charge in [-0.2, -0.15) is 18.3 Å². The molecule has 0 saturated heterocycles. The lowest BCUT2D eigenvalue weighted by molar-refractivity contribution is -0.143. The molecular formula is C18H14ClF3N2O2. The lowest BCUT2D eigenvalue weighted by Gasteiger charge is -2.08. The molecule has 0 atom stereocenters. The van der Waals surface area contributed by atoms with Gasteiger partial charge in [0.1, 0.15) is 23.8 Å². The molecule has 3 aromatic rings. The summed E-state index contributed by atoms with van der Waals surface area (Å²) >= 11 is 5.81. The van der Waals surface area contributed by atoms with Crippen molar-refractivity contribution in [1.82, 2.24) is 9.78 Å². The van der Waals surface area contributed by atoms with Crippen molar-refractivity contribution in [2.45, 2.75) is 12.8 Å². The zero-order valence-corrected chi connectivity index (χ0v) is 14.3. The number of hydrogen-bond donors (Lipinski definition) is 1. The Labute approximate surface area is 152 Å². The van der Waals surface area contributed by atoms with E-state index < -0.39 is 11.9 Å². The minimum Gasteiger partial charge on any atom is -0.507 e. The molecule has 0 radical (unpaired) electrons. The molecule has 3 rings (SSSR count). The first kappa shape index (κ1) is 18.1. The average molecular weight is 383 g/mol. The smallest absolute Gasteiger partial charge is 0.433 e. The highest BCUT2D eigenvalue weighted by Crippen LogP contribution is 2.36. The summed E-state index contributed by atoms with van der Waals surface area (Å²) in [5.41, 5.74) is 0.212. The van der Waals surface area contributed by atoms with Crippen molar-refractivity contribution in [3.8, 4) is 22.8 Å². The van der Waals surface area contributed by atoms with Gasteiger partial charge in [-0.1, -0.05) is 23.7 Å². The Balaban J connectivity index is 1.78. The van der Waals surface area contributed by atoms with E-state index in [2.05, 4.69) is 5.10 Å². The van der Waals surface area contributed by atoms with E-state index in [9.17, 15) is 18.3 Å². The van der Waals surface area contributed by atoms with Crippen LogP contribution in [0.15, 0.2) is 48.5 Å². The van der Waals surface area contributed by atoms with Crippen molar-refractivity contribution in [1.29, 1.82) is 0 Å². The third-order valence-electron chi connectivity index (χ3n) is 3.73. The quantitative estimate of drug-likeness (QED) is 0.687. The maximum absolute atomic E-state index is 12.9. The van der Waals surface area contributed by atoms with Gasteiger partial charge in [0.25, 0.3) is 0 Å². The Morgan fingerprint density at radius 2 is 1.81 bits per heavy atom. The molecule has 0 aliphatic heterocycles. The number of aromatic hydroxyl groups is 1. The maximum atomic E-state index is 12.9. The molecule has 0 aliphatic rings. The number of nitrogens with zero attached hydrogens (tertiary/aromatic N) is 2. The molecule has 0 bridgehead atoms. The number of rotatable bonds is 4. The summed E-state index contributed by atoms with van der Waals surface area (Å²) < 4.78 is 44.9. The summed E-state index contributed by atoms with van der Waals surface area (Å²) in [6, 6.07) is 12.4. The van der Waals surface area contributed by atoms with E-state index in [1.165, 1.54) is 19.2 Å². The Bertz CT molecular complexity index is 921. The van der Waals surface area contributed by atoms with Crippen LogP contribution in [0, 0.1) is 0 Å². The molecule has 0 aliphatic carbocycles. The van der Waals surface area contributed by atoms with Crippen LogP contribution in [0.2, 0.25) is 5.02 Å². The van der Waals surface area contributed by atoms with E-state index in [1.807, 2.05) is 12.1 Å². The summed E-state index contributed by atoms with van der Waals surface area (Å²) in [6.45, 7) is 0.262. The Kier molecular flexibility index (Phi) is 4.82. The van der Waals surface area contributed by atoms with Crippen LogP contribution in [0.5, 0.6) is 11.5 Å². The van der Waals surface area contributed by atoms with Gasteiger partial charge in [0.15, 0.2) is 0 Å². The first-order valence-corrected chi connectivity index (χ1v) is 7.94. The minimum atomic E-state index is -4.52. The van der Waals surface area contributed by atoms with Gasteiger partial charge in [-0.05, 0) is 35.9 Å². The average Bonchev–Trinajstić information content (AvgIpc) is 2.96. The van der Waals surface area contributed by atoms with Gasteiger partial charge in [0, 0.05) is 23.7 Å². The standard InChI is InChI=1S/C18H14ClF3N2O2/c1-24-17(18(20,21)22)9-15(23-24)14-7-6-13(8-16(14)25)26-10-11-2-4-12(19)5-3-11/h2-9,25H,10H2,1H3. The van der Waals surface area contributed by atoms with Crippen LogP contribution in [0.25, 0.3) is 11.3 Å². The van der Waals surface area contributed by atoms with Crippen LogP contribution >= 0.6 is 11.6 Å². The van der Waals surface area contributed by atoms with E-state index in [-0.39, 0.29) is 23.6 Å². The predicted octanol–water partition coefficient (Wildman–Crippen LogP) is 5.04. The van der Waals surface area contributed by atoms with Gasteiger partial charge in [-0.15, -0.1) is 0 Å². The zero-order chi connectivity index (χ0) is 18.9. The Morgan fingerprint density at radius 3 is 2.38 bits per heavy atom. The van der Waals surface area contributed by atoms with Crippen LogP contribution in [-0.2, 0) is 19.8 Å². The first-order valence-electron chi connectivity index (χ1n) is 7.56. The molecule has 1 heterocycles. The molecule has 4 nitrogen and oxygen atoms in total. The second kappa shape index (κ2) is 6.92.